The Bertz CT molecular complexity index is 532. The van der Waals surface area contributed by atoms with Crippen LogP contribution in [0.1, 0.15) is 27.7 Å². The number of carbonyl (C=O) groups excluding carboxylic acids is 1. The molecule has 0 unspecified atom stereocenters. The maximum atomic E-state index is 13.4. The van der Waals surface area contributed by atoms with Crippen LogP contribution in [0.5, 0.6) is 5.75 Å². The van der Waals surface area contributed by atoms with Gasteiger partial charge in [0.2, 0.25) is 5.91 Å². The first-order valence-corrected chi connectivity index (χ1v) is 6.83. The Morgan fingerprint density at radius 1 is 1.43 bits per heavy atom. The quantitative estimate of drug-likeness (QED) is 0.907. The van der Waals surface area contributed by atoms with Gasteiger partial charge in [0.05, 0.1) is 12.1 Å². The van der Waals surface area contributed by atoms with Crippen molar-refractivity contribution in [2.45, 2.75) is 33.7 Å². The minimum absolute atomic E-state index is 0.134. The van der Waals surface area contributed by atoms with Crippen molar-refractivity contribution >= 4 is 5.91 Å². The highest BCUT2D eigenvalue weighted by atomic mass is 19.1. The normalized spacial score (nSPS) is 13.9. The molecule has 0 aliphatic heterocycles. The molecule has 0 radical (unpaired) electrons. The number of nitrogens with zero attached hydrogens (tertiary/aromatic N) is 1. The lowest BCUT2D eigenvalue weighted by molar-refractivity contribution is -0.126. The van der Waals surface area contributed by atoms with E-state index in [2.05, 4.69) is 5.32 Å². The molecule has 0 aromatic heterocycles. The summed E-state index contributed by atoms with van der Waals surface area (Å²) in [7, 11) is 0. The number of nitrogens with one attached hydrogen (secondary N) is 1. The molecular weight excluding hydrogens is 271 g/mol. The van der Waals surface area contributed by atoms with Crippen LogP contribution in [-0.4, -0.2) is 18.6 Å². The first-order chi connectivity index (χ1) is 9.75. The molecule has 1 N–H and O–H groups in total. The third-order valence-corrected chi connectivity index (χ3v) is 2.97. The lowest BCUT2D eigenvalue weighted by atomic mass is 9.81. The Labute approximate surface area is 124 Å². The third kappa shape index (κ3) is 5.07. The first kappa shape index (κ1) is 17.0. The summed E-state index contributed by atoms with van der Waals surface area (Å²) in [6.07, 6.45) is 0. The van der Waals surface area contributed by atoms with Crippen molar-refractivity contribution in [1.29, 1.82) is 5.26 Å². The topological polar surface area (TPSA) is 62.1 Å². The van der Waals surface area contributed by atoms with Crippen LogP contribution in [0.3, 0.4) is 0 Å². The van der Waals surface area contributed by atoms with Gasteiger partial charge in [-0.15, -0.1) is 0 Å². The SMILES string of the molecule is C[C@@H](COc1ccccc1F)NC(=O)[C@H](C#N)C(C)(C)C. The van der Waals surface area contributed by atoms with Gasteiger partial charge in [-0.2, -0.15) is 5.26 Å². The van der Waals surface area contributed by atoms with E-state index in [1.54, 1.807) is 19.1 Å². The standard InChI is InChI=1S/C16H21FN2O2/c1-11(10-21-14-8-6-5-7-13(14)17)19-15(20)12(9-18)16(2,3)4/h5-8,11-12H,10H2,1-4H3,(H,19,20)/t11-,12-/m0/s1. The number of amides is 1. The fourth-order valence-electron chi connectivity index (χ4n) is 1.79. The van der Waals surface area contributed by atoms with Gasteiger partial charge in [-0.1, -0.05) is 32.9 Å². The average molecular weight is 292 g/mol. The van der Waals surface area contributed by atoms with Crippen LogP contribution in [0.4, 0.5) is 4.39 Å². The monoisotopic (exact) mass is 292 g/mol. The van der Waals surface area contributed by atoms with Crippen molar-refractivity contribution in [2.24, 2.45) is 11.3 Å². The molecule has 1 rings (SSSR count). The van der Waals surface area contributed by atoms with Crippen LogP contribution in [0, 0.1) is 28.5 Å². The molecule has 0 aliphatic carbocycles. The van der Waals surface area contributed by atoms with Crippen LogP contribution < -0.4 is 10.1 Å². The molecule has 0 fully saturated rings. The average Bonchev–Trinajstić information content (AvgIpc) is 2.36. The van der Waals surface area contributed by atoms with Gasteiger partial charge < -0.3 is 10.1 Å². The number of halogens is 1. The Morgan fingerprint density at radius 3 is 2.57 bits per heavy atom. The smallest absolute Gasteiger partial charge is 0.238 e. The van der Waals surface area contributed by atoms with Crippen molar-refractivity contribution in [2.75, 3.05) is 6.61 Å². The van der Waals surface area contributed by atoms with Crippen LogP contribution in [0.25, 0.3) is 0 Å². The molecule has 4 nitrogen and oxygen atoms in total. The number of hydrogen-bond acceptors (Lipinski definition) is 3. The van der Waals surface area contributed by atoms with Gasteiger partial charge in [-0.05, 0) is 24.5 Å². The Morgan fingerprint density at radius 2 is 2.05 bits per heavy atom. The van der Waals surface area contributed by atoms with E-state index < -0.39 is 17.2 Å². The van der Waals surface area contributed by atoms with Crippen molar-refractivity contribution in [1.82, 2.24) is 5.32 Å². The Kier molecular flexibility index (Phi) is 5.71. The zero-order chi connectivity index (χ0) is 16.0. The van der Waals surface area contributed by atoms with E-state index >= 15 is 0 Å². The highest BCUT2D eigenvalue weighted by molar-refractivity contribution is 5.82. The molecule has 0 aliphatic rings. The number of hydrogen-bond donors (Lipinski definition) is 1. The second-order valence-corrected chi connectivity index (χ2v) is 6.08. The molecule has 114 valence electrons. The summed E-state index contributed by atoms with van der Waals surface area (Å²) in [5.74, 6) is -1.38. The Balaban J connectivity index is 2.54. The molecule has 0 saturated carbocycles. The van der Waals surface area contributed by atoms with E-state index in [0.717, 1.165) is 0 Å². The van der Waals surface area contributed by atoms with Crippen LogP contribution in [0.15, 0.2) is 24.3 Å². The Hall–Kier alpha value is -2.09. The summed E-state index contributed by atoms with van der Waals surface area (Å²) < 4.78 is 18.7. The van der Waals surface area contributed by atoms with Crippen LogP contribution >= 0.6 is 0 Å². The number of benzene rings is 1. The van der Waals surface area contributed by atoms with Crippen molar-refractivity contribution < 1.29 is 13.9 Å². The maximum absolute atomic E-state index is 13.4. The minimum Gasteiger partial charge on any atom is -0.488 e. The molecule has 1 aromatic carbocycles. The molecular formula is C16H21FN2O2. The predicted octanol–water partition coefficient (Wildman–Crippen LogP) is 2.90. The minimum atomic E-state index is -0.742. The van der Waals surface area contributed by atoms with Gasteiger partial charge in [0, 0.05) is 0 Å². The summed E-state index contributed by atoms with van der Waals surface area (Å²) in [6.45, 7) is 7.38. The summed E-state index contributed by atoms with van der Waals surface area (Å²) in [6, 6.07) is 7.78. The van der Waals surface area contributed by atoms with Gasteiger partial charge in [-0.25, -0.2) is 4.39 Å². The zero-order valence-corrected chi connectivity index (χ0v) is 12.8. The van der Waals surface area contributed by atoms with Crippen molar-refractivity contribution in [3.8, 4) is 11.8 Å². The number of nitriles is 1. The van der Waals surface area contributed by atoms with E-state index in [9.17, 15) is 9.18 Å². The maximum Gasteiger partial charge on any atom is 0.238 e. The second-order valence-electron chi connectivity index (χ2n) is 6.08. The number of ether oxygens (including phenoxy) is 1. The number of para-hydroxylation sites is 1. The van der Waals surface area contributed by atoms with Gasteiger partial charge in [0.15, 0.2) is 11.6 Å². The fraction of sp³-hybridized carbons (Fsp3) is 0.500. The highest BCUT2D eigenvalue weighted by Crippen LogP contribution is 2.25. The summed E-state index contributed by atoms with van der Waals surface area (Å²) in [5.41, 5.74) is -0.440. The molecule has 5 heteroatoms. The molecule has 0 spiro atoms. The van der Waals surface area contributed by atoms with Gasteiger partial charge in [-0.3, -0.25) is 4.79 Å². The number of rotatable bonds is 5. The van der Waals surface area contributed by atoms with E-state index in [1.807, 2.05) is 26.8 Å². The molecule has 1 amide bonds. The second kappa shape index (κ2) is 7.07. The fourth-order valence-corrected chi connectivity index (χ4v) is 1.79. The summed E-state index contributed by atoms with van der Waals surface area (Å²) in [5, 5.41) is 11.8. The van der Waals surface area contributed by atoms with Crippen molar-refractivity contribution in [3.63, 3.8) is 0 Å². The molecule has 0 saturated heterocycles. The third-order valence-electron chi connectivity index (χ3n) is 2.97. The van der Waals surface area contributed by atoms with E-state index in [4.69, 9.17) is 10.00 Å². The first-order valence-electron chi connectivity index (χ1n) is 6.83. The van der Waals surface area contributed by atoms with E-state index in [0.29, 0.717) is 0 Å². The molecule has 1 aromatic rings. The molecule has 2 atom stereocenters. The highest BCUT2D eigenvalue weighted by Gasteiger charge is 2.31. The predicted molar refractivity (Wildman–Crippen MR) is 78.1 cm³/mol. The van der Waals surface area contributed by atoms with Crippen LogP contribution in [0.2, 0.25) is 0 Å². The van der Waals surface area contributed by atoms with Crippen molar-refractivity contribution in [3.05, 3.63) is 30.1 Å². The lowest BCUT2D eigenvalue weighted by Crippen LogP contribution is -2.43. The molecule has 0 heterocycles. The molecule has 21 heavy (non-hydrogen) atoms. The van der Waals surface area contributed by atoms with Crippen LogP contribution in [-0.2, 0) is 4.79 Å². The van der Waals surface area contributed by atoms with Gasteiger partial charge in [0.25, 0.3) is 0 Å². The lowest BCUT2D eigenvalue weighted by Gasteiger charge is -2.25. The summed E-state index contributed by atoms with van der Waals surface area (Å²) in [4.78, 5) is 12.0. The van der Waals surface area contributed by atoms with Gasteiger partial charge >= 0.3 is 0 Å². The van der Waals surface area contributed by atoms with E-state index in [-0.39, 0.29) is 24.3 Å². The van der Waals surface area contributed by atoms with E-state index in [1.165, 1.54) is 12.1 Å². The zero-order valence-electron chi connectivity index (χ0n) is 12.8. The number of carbonyl (C=O) groups is 1. The molecule has 0 bridgehead atoms. The van der Waals surface area contributed by atoms with Gasteiger partial charge in [0.1, 0.15) is 12.5 Å². The largest absolute Gasteiger partial charge is 0.488 e. The summed E-state index contributed by atoms with van der Waals surface area (Å²) >= 11 is 0.